The van der Waals surface area contributed by atoms with E-state index in [0.29, 0.717) is 0 Å². The van der Waals surface area contributed by atoms with Gasteiger partial charge in [-0.2, -0.15) is 0 Å². The van der Waals surface area contributed by atoms with Crippen molar-refractivity contribution in [1.29, 1.82) is 0 Å². The van der Waals surface area contributed by atoms with Crippen molar-refractivity contribution in [1.82, 2.24) is 5.32 Å². The van der Waals surface area contributed by atoms with Gasteiger partial charge in [0, 0.05) is 16.5 Å². The third-order valence-electron chi connectivity index (χ3n) is 3.75. The summed E-state index contributed by atoms with van der Waals surface area (Å²) in [5.74, 6) is -0.775. The number of hydrogen-bond acceptors (Lipinski definition) is 4. The molecule has 25 heavy (non-hydrogen) atoms. The van der Waals surface area contributed by atoms with Crippen LogP contribution < -0.4 is 5.32 Å². The van der Waals surface area contributed by atoms with Crippen molar-refractivity contribution in [3.05, 3.63) is 48.2 Å². The van der Waals surface area contributed by atoms with Gasteiger partial charge in [0.2, 0.25) is 0 Å². The number of ether oxygens (including phenoxy) is 1. The van der Waals surface area contributed by atoms with Crippen molar-refractivity contribution in [3.63, 3.8) is 0 Å². The molecule has 1 aromatic heterocycles. The zero-order valence-corrected chi connectivity index (χ0v) is 14.6. The van der Waals surface area contributed by atoms with Crippen molar-refractivity contribution in [3.8, 4) is 0 Å². The van der Waals surface area contributed by atoms with Crippen molar-refractivity contribution in [2.24, 2.45) is 0 Å². The van der Waals surface area contributed by atoms with Crippen molar-refractivity contribution < 1.29 is 18.7 Å². The molecule has 0 saturated carbocycles. The summed E-state index contributed by atoms with van der Waals surface area (Å²) in [6.45, 7) is 5.33. The first-order chi connectivity index (χ1) is 11.8. The monoisotopic (exact) mass is 339 g/mol. The molecule has 0 atom stereocenters. The van der Waals surface area contributed by atoms with Gasteiger partial charge in [-0.3, -0.25) is 9.59 Å². The first kappa shape index (κ1) is 17.0. The summed E-state index contributed by atoms with van der Waals surface area (Å²) >= 11 is 0. The van der Waals surface area contributed by atoms with Crippen LogP contribution in [0.4, 0.5) is 0 Å². The lowest BCUT2D eigenvalue weighted by Gasteiger charge is -2.20. The molecule has 3 rings (SSSR count). The molecule has 0 fully saturated rings. The Morgan fingerprint density at radius 3 is 2.64 bits per heavy atom. The number of amides is 1. The molecule has 0 unspecified atom stereocenters. The lowest BCUT2D eigenvalue weighted by molar-refractivity contribution is -0.148. The highest BCUT2D eigenvalue weighted by Gasteiger charge is 2.17. The van der Waals surface area contributed by atoms with Crippen LogP contribution in [0.5, 0.6) is 0 Å². The van der Waals surface area contributed by atoms with E-state index in [9.17, 15) is 9.59 Å². The van der Waals surface area contributed by atoms with E-state index in [0.717, 1.165) is 27.3 Å². The molecule has 0 spiro atoms. The average molecular weight is 339 g/mol. The number of rotatable bonds is 4. The fourth-order valence-corrected chi connectivity index (χ4v) is 2.81. The fraction of sp³-hybridized carbons (Fsp3) is 0.300. The summed E-state index contributed by atoms with van der Waals surface area (Å²) < 4.78 is 10.7. The second kappa shape index (κ2) is 6.59. The van der Waals surface area contributed by atoms with Crippen LogP contribution in [0, 0.1) is 0 Å². The van der Waals surface area contributed by atoms with E-state index in [-0.39, 0.29) is 24.5 Å². The van der Waals surface area contributed by atoms with Crippen LogP contribution in [-0.2, 0) is 20.7 Å². The molecule has 1 amide bonds. The Bertz CT molecular complexity index is 934. The molecular weight excluding hydrogens is 318 g/mol. The lowest BCUT2D eigenvalue weighted by atomic mass is 10.0. The van der Waals surface area contributed by atoms with Gasteiger partial charge in [0.1, 0.15) is 5.58 Å². The molecule has 0 saturated heterocycles. The van der Waals surface area contributed by atoms with E-state index in [1.165, 1.54) is 0 Å². The number of fused-ring (bicyclic) bond motifs is 3. The topological polar surface area (TPSA) is 68.5 Å². The molecule has 0 aliphatic carbocycles. The van der Waals surface area contributed by atoms with Crippen LogP contribution in [0.25, 0.3) is 21.7 Å². The SMILES string of the molecule is CC(C)(C)NC(=O)COC(=O)Cc1coc2ccc3ccccc3c12. The number of carbonyl (C=O) groups excluding carboxylic acids is 2. The minimum absolute atomic E-state index is 0.0593. The van der Waals surface area contributed by atoms with E-state index in [4.69, 9.17) is 9.15 Å². The smallest absolute Gasteiger partial charge is 0.310 e. The van der Waals surface area contributed by atoms with Gasteiger partial charge in [-0.05, 0) is 37.6 Å². The van der Waals surface area contributed by atoms with Crippen molar-refractivity contribution >= 4 is 33.6 Å². The van der Waals surface area contributed by atoms with Crippen LogP contribution >= 0.6 is 0 Å². The Balaban J connectivity index is 1.74. The van der Waals surface area contributed by atoms with E-state index in [1.807, 2.05) is 57.2 Å². The van der Waals surface area contributed by atoms with Gasteiger partial charge in [0.15, 0.2) is 6.61 Å². The third kappa shape index (κ3) is 3.99. The molecule has 5 nitrogen and oxygen atoms in total. The molecular formula is C20H21NO4. The Morgan fingerprint density at radius 1 is 1.12 bits per heavy atom. The second-order valence-electron chi connectivity index (χ2n) is 7.06. The van der Waals surface area contributed by atoms with Crippen LogP contribution in [0.15, 0.2) is 47.1 Å². The lowest BCUT2D eigenvalue weighted by Crippen LogP contribution is -2.42. The predicted molar refractivity (Wildman–Crippen MR) is 96.3 cm³/mol. The highest BCUT2D eigenvalue weighted by molar-refractivity contribution is 6.08. The predicted octanol–water partition coefficient (Wildman–Crippen LogP) is 3.59. The van der Waals surface area contributed by atoms with Crippen LogP contribution in [0.1, 0.15) is 26.3 Å². The van der Waals surface area contributed by atoms with Crippen LogP contribution in [0.3, 0.4) is 0 Å². The third-order valence-corrected chi connectivity index (χ3v) is 3.75. The first-order valence-corrected chi connectivity index (χ1v) is 8.18. The van der Waals surface area contributed by atoms with E-state index in [2.05, 4.69) is 5.32 Å². The van der Waals surface area contributed by atoms with E-state index >= 15 is 0 Å². The van der Waals surface area contributed by atoms with E-state index in [1.54, 1.807) is 6.26 Å². The number of esters is 1. The van der Waals surface area contributed by atoms with Crippen molar-refractivity contribution in [2.75, 3.05) is 6.61 Å². The molecule has 0 radical (unpaired) electrons. The number of benzene rings is 2. The molecule has 0 bridgehead atoms. The summed E-state index contributed by atoms with van der Waals surface area (Å²) in [6, 6.07) is 11.8. The number of nitrogens with one attached hydrogen (secondary N) is 1. The molecule has 3 aromatic rings. The number of hydrogen-bond donors (Lipinski definition) is 1. The molecule has 1 heterocycles. The number of carbonyl (C=O) groups is 2. The van der Waals surface area contributed by atoms with Crippen LogP contribution in [-0.4, -0.2) is 24.0 Å². The molecule has 130 valence electrons. The summed E-state index contributed by atoms with van der Waals surface area (Å²) in [7, 11) is 0. The van der Waals surface area contributed by atoms with Gasteiger partial charge < -0.3 is 14.5 Å². The van der Waals surface area contributed by atoms with Crippen molar-refractivity contribution in [2.45, 2.75) is 32.7 Å². The zero-order chi connectivity index (χ0) is 18.0. The average Bonchev–Trinajstić information content (AvgIpc) is 2.95. The minimum Gasteiger partial charge on any atom is -0.464 e. The summed E-state index contributed by atoms with van der Waals surface area (Å²) in [4.78, 5) is 23.9. The Labute approximate surface area is 145 Å². The standard InChI is InChI=1S/C20H21NO4/c1-20(2,3)21-17(22)12-25-18(23)10-14-11-24-16-9-8-13-6-4-5-7-15(13)19(14)16/h4-9,11H,10,12H2,1-3H3,(H,21,22). The molecule has 5 heteroatoms. The van der Waals surface area contributed by atoms with Gasteiger partial charge in [-0.1, -0.05) is 30.3 Å². The maximum absolute atomic E-state index is 12.1. The number of furan rings is 1. The Kier molecular flexibility index (Phi) is 4.49. The van der Waals surface area contributed by atoms with E-state index < -0.39 is 5.97 Å². The molecule has 0 aliphatic rings. The van der Waals surface area contributed by atoms with Gasteiger partial charge >= 0.3 is 5.97 Å². The molecule has 1 N–H and O–H groups in total. The summed E-state index contributed by atoms with van der Waals surface area (Å²) in [6.07, 6.45) is 1.64. The van der Waals surface area contributed by atoms with Gasteiger partial charge in [-0.25, -0.2) is 0 Å². The normalized spacial score (nSPS) is 11.6. The highest BCUT2D eigenvalue weighted by atomic mass is 16.5. The summed E-state index contributed by atoms with van der Waals surface area (Å²) in [5, 5.41) is 5.77. The minimum atomic E-state index is -0.459. The second-order valence-corrected chi connectivity index (χ2v) is 7.06. The van der Waals surface area contributed by atoms with Gasteiger partial charge in [0.25, 0.3) is 5.91 Å². The quantitative estimate of drug-likeness (QED) is 0.738. The largest absolute Gasteiger partial charge is 0.464 e. The fourth-order valence-electron chi connectivity index (χ4n) is 2.81. The highest BCUT2D eigenvalue weighted by Crippen LogP contribution is 2.30. The summed E-state index contributed by atoms with van der Waals surface area (Å²) in [5.41, 5.74) is 1.13. The zero-order valence-electron chi connectivity index (χ0n) is 14.6. The van der Waals surface area contributed by atoms with Gasteiger partial charge in [0.05, 0.1) is 12.7 Å². The first-order valence-electron chi connectivity index (χ1n) is 8.18. The van der Waals surface area contributed by atoms with Crippen LogP contribution in [0.2, 0.25) is 0 Å². The maximum atomic E-state index is 12.1. The Morgan fingerprint density at radius 2 is 1.88 bits per heavy atom. The Hall–Kier alpha value is -2.82. The molecule has 0 aliphatic heterocycles. The van der Waals surface area contributed by atoms with Gasteiger partial charge in [-0.15, -0.1) is 0 Å². The molecule has 2 aromatic carbocycles. The maximum Gasteiger partial charge on any atom is 0.310 e.